The van der Waals surface area contributed by atoms with Crippen molar-refractivity contribution in [2.75, 3.05) is 0 Å². The Morgan fingerprint density at radius 1 is 0.170 bits per heavy atom. The van der Waals surface area contributed by atoms with Crippen LogP contribution in [0.2, 0.25) is 0 Å². The van der Waals surface area contributed by atoms with Crippen LogP contribution in [0, 0.1) is 0 Å². The third-order valence-electron chi connectivity index (χ3n) is 20.4. The standard InChI is InChI=1S/C94H66N4Si2/c1-7-31-67(32-8-1)71-39-27-47-78(59-71)99(76-43-15-5-16-44-76,79-48-28-40-72(60-79)68-33-9-2-10-34-68)82-63-75(94-95-92(97-88-55-23-19-51-84(88)85-52-20-24-56-89(85)97)66-93(96-94)98-90-57-25-21-53-86(90)87-54-22-26-58-91(87)98)64-83(65-82)100(77-45-17-6-18-46-77,80-49-29-41-73(61-80)69-35-11-3-12-36-69)81-50-30-42-74(62-81)70-37-13-4-14-38-70/h1-66H. The van der Waals surface area contributed by atoms with Gasteiger partial charge in [-0.1, -0.05) is 370 Å². The molecule has 0 aliphatic heterocycles. The highest BCUT2D eigenvalue weighted by Crippen LogP contribution is 2.37. The number of fused-ring (bicyclic) bond motifs is 6. The van der Waals surface area contributed by atoms with Crippen molar-refractivity contribution in [3.8, 4) is 67.5 Å². The van der Waals surface area contributed by atoms with Gasteiger partial charge in [0.1, 0.15) is 11.6 Å². The second-order valence-electron chi connectivity index (χ2n) is 26.0. The first-order valence-electron chi connectivity index (χ1n) is 34.4. The molecule has 0 amide bonds. The minimum atomic E-state index is -3.66. The fraction of sp³-hybridized carbons (Fsp3) is 0. The zero-order chi connectivity index (χ0) is 66.4. The van der Waals surface area contributed by atoms with Crippen LogP contribution in [0.15, 0.2) is 400 Å². The molecule has 0 saturated carbocycles. The molecule has 3 aromatic heterocycles. The van der Waals surface area contributed by atoms with E-state index in [1.807, 2.05) is 0 Å². The number of hydrogen-bond acceptors (Lipinski definition) is 2. The number of rotatable bonds is 15. The zero-order valence-electron chi connectivity index (χ0n) is 54.9. The molecule has 100 heavy (non-hydrogen) atoms. The third-order valence-corrected chi connectivity index (χ3v) is 29.8. The topological polar surface area (TPSA) is 35.6 Å². The van der Waals surface area contributed by atoms with Crippen molar-refractivity contribution in [1.29, 1.82) is 0 Å². The van der Waals surface area contributed by atoms with Gasteiger partial charge in [-0.2, -0.15) is 0 Å². The van der Waals surface area contributed by atoms with Crippen molar-refractivity contribution in [2.24, 2.45) is 0 Å². The lowest BCUT2D eigenvalue weighted by molar-refractivity contribution is 0.994. The molecule has 18 aromatic rings. The summed E-state index contributed by atoms with van der Waals surface area (Å²) in [4.78, 5) is 12.2. The number of para-hydroxylation sites is 4. The Morgan fingerprint density at radius 3 is 0.690 bits per heavy atom. The summed E-state index contributed by atoms with van der Waals surface area (Å²) in [6, 6.07) is 149. The molecule has 3 heterocycles. The van der Waals surface area contributed by atoms with Gasteiger partial charge in [-0.15, -0.1) is 0 Å². The average Bonchev–Trinajstić information content (AvgIpc) is 0.873. The van der Waals surface area contributed by atoms with Crippen LogP contribution in [0.5, 0.6) is 0 Å². The lowest BCUT2D eigenvalue weighted by Gasteiger charge is -2.39. The van der Waals surface area contributed by atoms with Gasteiger partial charge in [-0.25, -0.2) is 9.97 Å². The number of nitrogens with zero attached hydrogens (tertiary/aromatic N) is 4. The van der Waals surface area contributed by atoms with Crippen LogP contribution in [-0.4, -0.2) is 35.2 Å². The largest absolute Gasteiger partial charge is 0.294 e. The Balaban J connectivity index is 1.04. The summed E-state index contributed by atoms with van der Waals surface area (Å²) >= 11 is 0. The molecule has 0 radical (unpaired) electrons. The van der Waals surface area contributed by atoms with E-state index >= 15 is 0 Å². The lowest BCUT2D eigenvalue weighted by atomic mass is 10.1. The van der Waals surface area contributed by atoms with Crippen LogP contribution >= 0.6 is 0 Å². The van der Waals surface area contributed by atoms with Crippen molar-refractivity contribution < 1.29 is 0 Å². The van der Waals surface area contributed by atoms with Gasteiger partial charge in [0.15, 0.2) is 22.0 Å². The maximum absolute atomic E-state index is 6.08. The van der Waals surface area contributed by atoms with Crippen LogP contribution in [0.1, 0.15) is 0 Å². The smallest absolute Gasteiger partial charge is 0.179 e. The van der Waals surface area contributed by atoms with E-state index in [0.29, 0.717) is 5.82 Å². The highest BCUT2D eigenvalue weighted by molar-refractivity contribution is 7.22. The van der Waals surface area contributed by atoms with E-state index in [2.05, 4.69) is 410 Å². The summed E-state index contributed by atoms with van der Waals surface area (Å²) < 4.78 is 4.72. The monoisotopic (exact) mass is 1310 g/mol. The van der Waals surface area contributed by atoms with Gasteiger partial charge in [0.25, 0.3) is 0 Å². The molecule has 0 spiro atoms. The van der Waals surface area contributed by atoms with Crippen LogP contribution < -0.4 is 41.5 Å². The Hall–Kier alpha value is -12.6. The van der Waals surface area contributed by atoms with Crippen LogP contribution in [0.25, 0.3) is 111 Å². The molecule has 470 valence electrons. The summed E-state index contributed by atoms with van der Waals surface area (Å²) in [6.07, 6.45) is 0. The van der Waals surface area contributed by atoms with E-state index in [0.717, 1.165) is 105 Å². The van der Waals surface area contributed by atoms with E-state index in [9.17, 15) is 0 Å². The number of aromatic nitrogens is 4. The van der Waals surface area contributed by atoms with Gasteiger partial charge in [0.2, 0.25) is 0 Å². The van der Waals surface area contributed by atoms with Crippen molar-refractivity contribution in [3.63, 3.8) is 0 Å². The van der Waals surface area contributed by atoms with Crippen molar-refractivity contribution in [3.05, 3.63) is 400 Å². The van der Waals surface area contributed by atoms with Gasteiger partial charge in [0, 0.05) is 33.2 Å². The fourth-order valence-corrected chi connectivity index (χ4v) is 25.8. The van der Waals surface area contributed by atoms with Gasteiger partial charge in [-0.05, 0) is 110 Å². The first kappa shape index (κ1) is 59.9. The molecular weight excluding hydrogens is 1240 g/mol. The molecule has 18 rings (SSSR count). The average molecular weight is 1310 g/mol. The molecular formula is C94H66N4Si2. The predicted octanol–water partition coefficient (Wildman–Crippen LogP) is 17.8. The summed E-state index contributed by atoms with van der Waals surface area (Å²) in [7, 11) is -7.31. The molecule has 0 atom stereocenters. The number of hydrogen-bond donors (Lipinski definition) is 0. The van der Waals surface area contributed by atoms with Crippen LogP contribution in [-0.2, 0) is 0 Å². The normalized spacial score (nSPS) is 11.8. The summed E-state index contributed by atoms with van der Waals surface area (Å²) in [5.74, 6) is 2.14. The number of benzene rings is 15. The fourth-order valence-electron chi connectivity index (χ4n) is 15.9. The Bertz CT molecular complexity index is 5400. The molecule has 4 nitrogen and oxygen atoms in total. The van der Waals surface area contributed by atoms with E-state index in [4.69, 9.17) is 9.97 Å². The van der Waals surface area contributed by atoms with Crippen molar-refractivity contribution in [2.45, 2.75) is 0 Å². The van der Waals surface area contributed by atoms with Gasteiger partial charge in [-0.3, -0.25) is 9.13 Å². The molecule has 15 aromatic carbocycles. The quantitative estimate of drug-likeness (QED) is 0.0757. The Labute approximate surface area is 584 Å². The molecule has 0 fully saturated rings. The Kier molecular flexibility index (Phi) is 15.2. The van der Waals surface area contributed by atoms with Crippen molar-refractivity contribution >= 4 is 101 Å². The van der Waals surface area contributed by atoms with E-state index < -0.39 is 16.1 Å². The van der Waals surface area contributed by atoms with E-state index in [1.165, 1.54) is 41.5 Å². The maximum Gasteiger partial charge on any atom is 0.179 e. The molecule has 0 bridgehead atoms. The lowest BCUT2D eigenvalue weighted by Crippen LogP contribution is -2.78. The Morgan fingerprint density at radius 2 is 0.400 bits per heavy atom. The van der Waals surface area contributed by atoms with Crippen molar-refractivity contribution in [1.82, 2.24) is 19.1 Å². The SMILES string of the molecule is c1ccc(-c2cccc([Si](c3ccccc3)(c3cccc(-c4ccccc4)c3)c3cc(-c4nc(-n5c6ccccc6c6ccccc65)cc(-n5c6ccccc6c6ccccc65)n4)cc([Si](c4ccccc4)(c4cccc(-c5ccccc5)c4)c4cccc(-c5ccccc5)c4)c3)c2)cc1. The molecule has 0 N–H and O–H groups in total. The predicted molar refractivity (Wildman–Crippen MR) is 425 cm³/mol. The molecule has 0 aliphatic rings. The summed E-state index contributed by atoms with van der Waals surface area (Å²) in [5.41, 5.74) is 14.4. The zero-order valence-corrected chi connectivity index (χ0v) is 56.9. The van der Waals surface area contributed by atoms with E-state index in [1.54, 1.807) is 0 Å². The van der Waals surface area contributed by atoms with Gasteiger partial charge >= 0.3 is 0 Å². The van der Waals surface area contributed by atoms with Gasteiger partial charge < -0.3 is 0 Å². The highest BCUT2D eigenvalue weighted by Gasteiger charge is 2.47. The second-order valence-corrected chi connectivity index (χ2v) is 33.6. The highest BCUT2D eigenvalue weighted by atomic mass is 28.3. The first-order chi connectivity index (χ1) is 49.6. The minimum absolute atomic E-state index is 0.610. The molecule has 0 aliphatic carbocycles. The minimum Gasteiger partial charge on any atom is -0.294 e. The third kappa shape index (κ3) is 10.3. The summed E-state index contributed by atoms with van der Waals surface area (Å²) in [5, 5.41) is 14.6. The molecule has 0 saturated heterocycles. The van der Waals surface area contributed by atoms with E-state index in [-0.39, 0.29) is 0 Å². The van der Waals surface area contributed by atoms with Crippen LogP contribution in [0.3, 0.4) is 0 Å². The maximum atomic E-state index is 6.08. The second kappa shape index (κ2) is 25.4. The molecule has 6 heteroatoms. The van der Waals surface area contributed by atoms with Gasteiger partial charge in [0.05, 0.1) is 22.1 Å². The summed E-state index contributed by atoms with van der Waals surface area (Å²) in [6.45, 7) is 0. The first-order valence-corrected chi connectivity index (χ1v) is 38.4. The van der Waals surface area contributed by atoms with Crippen LogP contribution in [0.4, 0.5) is 0 Å². The molecule has 0 unspecified atom stereocenters.